The third-order valence-corrected chi connectivity index (χ3v) is 2.27. The molecule has 1 aromatic rings. The van der Waals surface area contributed by atoms with Crippen LogP contribution in [0.5, 0.6) is 0 Å². The second-order valence-electron chi connectivity index (χ2n) is 1.33. The van der Waals surface area contributed by atoms with Crippen LogP contribution in [0.3, 0.4) is 0 Å². The van der Waals surface area contributed by atoms with E-state index in [-0.39, 0.29) is 12.4 Å². The predicted molar refractivity (Wildman–Crippen MR) is 44.1 cm³/mol. The highest BCUT2D eigenvalue weighted by Crippen LogP contribution is 2.26. The van der Waals surface area contributed by atoms with E-state index in [0.717, 1.165) is 5.69 Å². The minimum absolute atomic E-state index is 0. The number of aromatic nitrogens is 1. The van der Waals surface area contributed by atoms with Gasteiger partial charge in [-0.05, 0) is 6.92 Å². The molecule has 0 N–H and O–H groups in total. The van der Waals surface area contributed by atoms with E-state index in [9.17, 15) is 0 Å². The molecule has 1 nitrogen and oxygen atoms in total. The Balaban J connectivity index is 0.000000640. The van der Waals surface area contributed by atoms with Crippen LogP contribution in [0.25, 0.3) is 0 Å². The van der Waals surface area contributed by atoms with Gasteiger partial charge < -0.3 is 0 Å². The Morgan fingerprint density at radius 1 is 1.44 bits per heavy atom. The molecule has 0 aliphatic heterocycles. The van der Waals surface area contributed by atoms with Crippen molar-refractivity contribution in [1.29, 1.82) is 0 Å². The van der Waals surface area contributed by atoms with E-state index in [2.05, 4.69) is 4.98 Å². The average Bonchev–Trinajstić information content (AvgIpc) is 1.85. The summed E-state index contributed by atoms with van der Waals surface area (Å²) in [6.07, 6.45) is 0. The molecule has 0 fully saturated rings. The minimum atomic E-state index is 0. The SMILES string of the molecule is Cc1nc(Cl)sc1Cl.Cl. The first kappa shape index (κ1) is 9.50. The van der Waals surface area contributed by atoms with Gasteiger partial charge in [0.25, 0.3) is 0 Å². The molecule has 0 bridgehead atoms. The van der Waals surface area contributed by atoms with Gasteiger partial charge in [0.2, 0.25) is 0 Å². The van der Waals surface area contributed by atoms with Gasteiger partial charge in [0, 0.05) is 0 Å². The number of nitrogens with zero attached hydrogens (tertiary/aromatic N) is 1. The van der Waals surface area contributed by atoms with Gasteiger partial charge in [-0.3, -0.25) is 0 Å². The number of halogens is 3. The molecule has 0 unspecified atom stereocenters. The molecule has 0 amide bonds. The van der Waals surface area contributed by atoms with Gasteiger partial charge >= 0.3 is 0 Å². The van der Waals surface area contributed by atoms with Crippen molar-refractivity contribution >= 4 is 46.9 Å². The van der Waals surface area contributed by atoms with Gasteiger partial charge in [-0.25, -0.2) is 4.98 Å². The first-order chi connectivity index (χ1) is 3.70. The molecule has 0 spiro atoms. The fraction of sp³-hybridized carbons (Fsp3) is 0.250. The first-order valence-electron chi connectivity index (χ1n) is 1.98. The third kappa shape index (κ3) is 2.30. The molecule has 0 saturated heterocycles. The molecule has 1 heterocycles. The zero-order valence-electron chi connectivity index (χ0n) is 4.52. The molecule has 0 radical (unpaired) electrons. The molecule has 5 heteroatoms. The van der Waals surface area contributed by atoms with Crippen LogP contribution in [-0.4, -0.2) is 4.98 Å². The Kier molecular flexibility index (Phi) is 3.82. The summed E-state index contributed by atoms with van der Waals surface area (Å²) in [5, 5.41) is 0. The maximum Gasteiger partial charge on any atom is 0.185 e. The fourth-order valence-corrected chi connectivity index (χ4v) is 1.61. The van der Waals surface area contributed by atoms with Crippen molar-refractivity contribution in [2.75, 3.05) is 0 Å². The van der Waals surface area contributed by atoms with E-state index < -0.39 is 0 Å². The molecule has 1 aromatic heterocycles. The molecule has 0 atom stereocenters. The molecule has 9 heavy (non-hydrogen) atoms. The van der Waals surface area contributed by atoms with Crippen molar-refractivity contribution < 1.29 is 0 Å². The molecule has 0 aliphatic rings. The summed E-state index contributed by atoms with van der Waals surface area (Å²) in [6.45, 7) is 1.82. The first-order valence-corrected chi connectivity index (χ1v) is 3.56. The Morgan fingerprint density at radius 2 is 2.00 bits per heavy atom. The van der Waals surface area contributed by atoms with Crippen molar-refractivity contribution in [3.63, 3.8) is 0 Å². The van der Waals surface area contributed by atoms with E-state index in [1.807, 2.05) is 6.92 Å². The zero-order valence-corrected chi connectivity index (χ0v) is 7.66. The number of rotatable bonds is 0. The Morgan fingerprint density at radius 3 is 2.11 bits per heavy atom. The van der Waals surface area contributed by atoms with E-state index in [0.29, 0.717) is 8.80 Å². The quantitative estimate of drug-likeness (QED) is 0.632. The fourth-order valence-electron chi connectivity index (χ4n) is 0.346. The van der Waals surface area contributed by atoms with Crippen molar-refractivity contribution in [3.05, 3.63) is 14.5 Å². The molecular formula is C4H4Cl3NS. The van der Waals surface area contributed by atoms with Crippen LogP contribution in [0.4, 0.5) is 0 Å². The Hall–Kier alpha value is 0.500. The smallest absolute Gasteiger partial charge is 0.185 e. The van der Waals surface area contributed by atoms with Gasteiger partial charge in [-0.1, -0.05) is 34.5 Å². The van der Waals surface area contributed by atoms with Crippen LogP contribution in [-0.2, 0) is 0 Å². The minimum Gasteiger partial charge on any atom is -0.229 e. The van der Waals surface area contributed by atoms with Crippen molar-refractivity contribution in [2.24, 2.45) is 0 Å². The van der Waals surface area contributed by atoms with E-state index >= 15 is 0 Å². The molecule has 1 rings (SSSR count). The molecule has 0 aromatic carbocycles. The number of hydrogen-bond acceptors (Lipinski definition) is 2. The van der Waals surface area contributed by atoms with Crippen molar-refractivity contribution in [1.82, 2.24) is 4.98 Å². The van der Waals surface area contributed by atoms with Crippen LogP contribution >= 0.6 is 46.9 Å². The number of hydrogen-bond donors (Lipinski definition) is 0. The standard InChI is InChI=1S/C4H3Cl2NS.ClH/c1-2-3(5)8-4(6)7-2;/h1H3;1H. The lowest BCUT2D eigenvalue weighted by Gasteiger charge is -1.74. The predicted octanol–water partition coefficient (Wildman–Crippen LogP) is 3.18. The van der Waals surface area contributed by atoms with Crippen LogP contribution in [0.2, 0.25) is 8.80 Å². The van der Waals surface area contributed by atoms with Gasteiger partial charge in [-0.2, -0.15) is 0 Å². The van der Waals surface area contributed by atoms with E-state index in [1.54, 1.807) is 0 Å². The molecule has 0 saturated carbocycles. The Labute approximate surface area is 73.4 Å². The summed E-state index contributed by atoms with van der Waals surface area (Å²) >= 11 is 12.4. The number of aryl methyl sites for hydroxylation is 1. The summed E-state index contributed by atoms with van der Waals surface area (Å²) < 4.78 is 1.18. The Bertz CT molecular complexity index is 178. The van der Waals surface area contributed by atoms with Crippen molar-refractivity contribution in [3.8, 4) is 0 Å². The normalized spacial score (nSPS) is 8.78. The lowest BCUT2D eigenvalue weighted by Crippen LogP contribution is -1.65. The summed E-state index contributed by atoms with van der Waals surface area (Å²) in [4.78, 5) is 3.86. The van der Waals surface area contributed by atoms with Crippen LogP contribution in [0, 0.1) is 6.92 Å². The van der Waals surface area contributed by atoms with Crippen LogP contribution < -0.4 is 0 Å². The van der Waals surface area contributed by atoms with Crippen LogP contribution in [0.1, 0.15) is 5.69 Å². The molecule has 52 valence electrons. The van der Waals surface area contributed by atoms with Gasteiger partial charge in [0.05, 0.1) is 5.69 Å². The molecular weight excluding hydrogens is 200 g/mol. The summed E-state index contributed by atoms with van der Waals surface area (Å²) in [5.41, 5.74) is 0.807. The maximum absolute atomic E-state index is 5.60. The third-order valence-electron chi connectivity index (χ3n) is 0.714. The largest absolute Gasteiger partial charge is 0.229 e. The topological polar surface area (TPSA) is 12.9 Å². The highest BCUT2D eigenvalue weighted by molar-refractivity contribution is 7.19. The maximum atomic E-state index is 5.60. The monoisotopic (exact) mass is 203 g/mol. The second-order valence-corrected chi connectivity index (χ2v) is 3.51. The highest BCUT2D eigenvalue weighted by atomic mass is 35.5. The van der Waals surface area contributed by atoms with Crippen LogP contribution in [0.15, 0.2) is 0 Å². The van der Waals surface area contributed by atoms with E-state index in [4.69, 9.17) is 23.2 Å². The number of thiazole rings is 1. The highest BCUT2D eigenvalue weighted by Gasteiger charge is 1.99. The van der Waals surface area contributed by atoms with Gasteiger partial charge in [0.1, 0.15) is 4.34 Å². The summed E-state index contributed by atoms with van der Waals surface area (Å²) in [5.74, 6) is 0. The summed E-state index contributed by atoms with van der Waals surface area (Å²) in [6, 6.07) is 0. The van der Waals surface area contributed by atoms with Gasteiger partial charge in [-0.15, -0.1) is 12.4 Å². The van der Waals surface area contributed by atoms with E-state index in [1.165, 1.54) is 11.3 Å². The lowest BCUT2D eigenvalue weighted by atomic mass is 10.6. The lowest BCUT2D eigenvalue weighted by molar-refractivity contribution is 1.27. The second kappa shape index (κ2) is 3.62. The average molecular weight is 205 g/mol. The van der Waals surface area contributed by atoms with Gasteiger partial charge in [0.15, 0.2) is 4.47 Å². The van der Waals surface area contributed by atoms with Crippen molar-refractivity contribution in [2.45, 2.75) is 6.92 Å². The summed E-state index contributed by atoms with van der Waals surface area (Å²) in [7, 11) is 0. The molecule has 0 aliphatic carbocycles. The zero-order chi connectivity index (χ0) is 6.15.